The first-order chi connectivity index (χ1) is 10.1. The summed E-state index contributed by atoms with van der Waals surface area (Å²) >= 11 is 0. The molecule has 0 heterocycles. The zero-order chi connectivity index (χ0) is 15.7. The average molecular weight is 287 g/mol. The minimum Gasteiger partial charge on any atom is -0.480 e. The minimum atomic E-state index is -1.16. The summed E-state index contributed by atoms with van der Waals surface area (Å²) in [5.41, 5.74) is 0.938. The minimum absolute atomic E-state index is 0.117. The molecule has 6 nitrogen and oxygen atoms in total. The van der Waals surface area contributed by atoms with Gasteiger partial charge in [-0.1, -0.05) is 30.3 Å². The number of nitrogens with zero attached hydrogens (tertiary/aromatic N) is 2. The van der Waals surface area contributed by atoms with Crippen molar-refractivity contribution in [2.75, 3.05) is 13.1 Å². The van der Waals surface area contributed by atoms with E-state index >= 15 is 0 Å². The van der Waals surface area contributed by atoms with Gasteiger partial charge in [0.2, 0.25) is 0 Å². The van der Waals surface area contributed by atoms with E-state index in [2.05, 4.69) is 5.32 Å². The molecule has 1 aromatic carbocycles. The summed E-state index contributed by atoms with van der Waals surface area (Å²) in [7, 11) is 0. The quantitative estimate of drug-likeness (QED) is 0.579. The van der Waals surface area contributed by atoms with Crippen LogP contribution in [0.25, 0.3) is 0 Å². The lowest BCUT2D eigenvalue weighted by Gasteiger charge is -2.18. The standard InChI is InChI=1S/C15H17N3O3/c1-2-18(10-12-6-4-3-5-7-12)11-13(8-16)15(21)17-9-14(19)20/h3-7,11H,2,9-10H2,1H3,(H,17,21)(H,19,20)/b13-11-. The van der Waals surface area contributed by atoms with Crippen LogP contribution in [0.1, 0.15) is 12.5 Å². The molecule has 2 N–H and O–H groups in total. The van der Waals surface area contributed by atoms with E-state index in [4.69, 9.17) is 10.4 Å². The molecule has 0 radical (unpaired) electrons. The Kier molecular flexibility index (Phi) is 6.48. The second-order valence-electron chi connectivity index (χ2n) is 4.28. The predicted octanol–water partition coefficient (Wildman–Crippen LogP) is 1.12. The molecule has 0 fully saturated rings. The van der Waals surface area contributed by atoms with Crippen LogP contribution in [0.2, 0.25) is 0 Å². The van der Waals surface area contributed by atoms with Gasteiger partial charge in [0.15, 0.2) is 0 Å². The second kappa shape index (κ2) is 8.38. The molecule has 1 aromatic rings. The lowest BCUT2D eigenvalue weighted by atomic mass is 10.2. The number of nitriles is 1. The van der Waals surface area contributed by atoms with Crippen LogP contribution < -0.4 is 5.32 Å². The van der Waals surface area contributed by atoms with E-state index in [1.54, 1.807) is 6.07 Å². The summed E-state index contributed by atoms with van der Waals surface area (Å²) in [5.74, 6) is -1.84. The summed E-state index contributed by atoms with van der Waals surface area (Å²) in [6.07, 6.45) is 1.45. The third-order valence-electron chi connectivity index (χ3n) is 2.71. The van der Waals surface area contributed by atoms with E-state index in [-0.39, 0.29) is 5.57 Å². The Labute approximate surface area is 123 Å². The number of nitrogens with one attached hydrogen (secondary N) is 1. The molecule has 0 aliphatic heterocycles. The summed E-state index contributed by atoms with van der Waals surface area (Å²) in [6, 6.07) is 11.4. The van der Waals surface area contributed by atoms with Gasteiger partial charge in [0.05, 0.1) is 0 Å². The van der Waals surface area contributed by atoms with E-state index in [0.717, 1.165) is 5.56 Å². The number of rotatable bonds is 7. The number of benzene rings is 1. The molecule has 110 valence electrons. The number of aliphatic carboxylic acids is 1. The van der Waals surface area contributed by atoms with Gasteiger partial charge in [-0.15, -0.1) is 0 Å². The number of amides is 1. The maximum absolute atomic E-state index is 11.7. The number of carbonyl (C=O) groups is 2. The lowest BCUT2D eigenvalue weighted by Crippen LogP contribution is -2.31. The first-order valence-corrected chi connectivity index (χ1v) is 6.46. The summed E-state index contributed by atoms with van der Waals surface area (Å²) in [6.45, 7) is 2.58. The first kappa shape index (κ1) is 16.2. The molecule has 1 amide bonds. The van der Waals surface area contributed by atoms with Crippen molar-refractivity contribution in [3.8, 4) is 6.07 Å². The first-order valence-electron chi connectivity index (χ1n) is 6.46. The summed E-state index contributed by atoms with van der Waals surface area (Å²) in [4.78, 5) is 23.9. The van der Waals surface area contributed by atoms with Crippen molar-refractivity contribution >= 4 is 11.9 Å². The summed E-state index contributed by atoms with van der Waals surface area (Å²) < 4.78 is 0. The number of hydrogen-bond donors (Lipinski definition) is 2. The van der Waals surface area contributed by atoms with Crippen LogP contribution in [0.4, 0.5) is 0 Å². The maximum Gasteiger partial charge on any atom is 0.322 e. The van der Waals surface area contributed by atoms with Gasteiger partial charge in [0.1, 0.15) is 18.2 Å². The number of carboxylic acids is 1. The molecule has 6 heteroatoms. The van der Waals surface area contributed by atoms with E-state index in [9.17, 15) is 9.59 Å². The Hall–Kier alpha value is -2.81. The van der Waals surface area contributed by atoms with Crippen LogP contribution in [0.5, 0.6) is 0 Å². The van der Waals surface area contributed by atoms with Crippen LogP contribution in [0.15, 0.2) is 42.1 Å². The maximum atomic E-state index is 11.7. The normalized spacial score (nSPS) is 10.6. The fourth-order valence-electron chi connectivity index (χ4n) is 1.64. The van der Waals surface area contributed by atoms with Gasteiger partial charge in [-0.2, -0.15) is 5.26 Å². The molecule has 21 heavy (non-hydrogen) atoms. The van der Waals surface area contributed by atoms with Crippen molar-refractivity contribution in [1.82, 2.24) is 10.2 Å². The zero-order valence-corrected chi connectivity index (χ0v) is 11.7. The highest BCUT2D eigenvalue weighted by molar-refractivity contribution is 5.98. The van der Waals surface area contributed by atoms with Gasteiger partial charge in [0.25, 0.3) is 5.91 Å². The lowest BCUT2D eigenvalue weighted by molar-refractivity contribution is -0.137. The third kappa shape index (κ3) is 5.78. The van der Waals surface area contributed by atoms with Crippen molar-refractivity contribution in [1.29, 1.82) is 5.26 Å². The highest BCUT2D eigenvalue weighted by atomic mass is 16.4. The Balaban J connectivity index is 2.76. The molecular weight excluding hydrogens is 270 g/mol. The van der Waals surface area contributed by atoms with Crippen LogP contribution in [0, 0.1) is 11.3 Å². The Morgan fingerprint density at radius 1 is 1.38 bits per heavy atom. The average Bonchev–Trinajstić information content (AvgIpc) is 2.49. The van der Waals surface area contributed by atoms with Gasteiger partial charge in [-0.25, -0.2) is 0 Å². The van der Waals surface area contributed by atoms with Crippen molar-refractivity contribution in [2.24, 2.45) is 0 Å². The third-order valence-corrected chi connectivity index (χ3v) is 2.71. The van der Waals surface area contributed by atoms with E-state index in [0.29, 0.717) is 13.1 Å². The van der Waals surface area contributed by atoms with Crippen LogP contribution in [-0.2, 0) is 16.1 Å². The van der Waals surface area contributed by atoms with Crippen LogP contribution in [-0.4, -0.2) is 35.0 Å². The fraction of sp³-hybridized carbons (Fsp3) is 0.267. The molecule has 0 unspecified atom stereocenters. The van der Waals surface area contributed by atoms with E-state index in [1.807, 2.05) is 42.2 Å². The fourth-order valence-corrected chi connectivity index (χ4v) is 1.64. The molecule has 1 rings (SSSR count). The molecule has 0 atom stereocenters. The van der Waals surface area contributed by atoms with E-state index in [1.165, 1.54) is 6.20 Å². The van der Waals surface area contributed by atoms with Gasteiger partial charge in [0, 0.05) is 19.3 Å². The molecule has 0 aromatic heterocycles. The highest BCUT2D eigenvalue weighted by Crippen LogP contribution is 2.06. The predicted molar refractivity (Wildman–Crippen MR) is 76.9 cm³/mol. The largest absolute Gasteiger partial charge is 0.480 e. The van der Waals surface area contributed by atoms with Crippen molar-refractivity contribution in [3.63, 3.8) is 0 Å². The summed E-state index contributed by atoms with van der Waals surface area (Å²) in [5, 5.41) is 19.7. The molecule has 0 saturated heterocycles. The van der Waals surface area contributed by atoms with Crippen LogP contribution in [0.3, 0.4) is 0 Å². The number of hydrogen-bond acceptors (Lipinski definition) is 4. The molecule has 0 aliphatic rings. The monoisotopic (exact) mass is 287 g/mol. The molecule has 0 bridgehead atoms. The van der Waals surface area contributed by atoms with Gasteiger partial charge in [-0.3, -0.25) is 9.59 Å². The Morgan fingerprint density at radius 3 is 2.57 bits per heavy atom. The van der Waals surface area contributed by atoms with Gasteiger partial charge >= 0.3 is 5.97 Å². The number of carbonyl (C=O) groups excluding carboxylic acids is 1. The zero-order valence-electron chi connectivity index (χ0n) is 11.7. The van der Waals surface area contributed by atoms with Crippen molar-refractivity contribution in [3.05, 3.63) is 47.7 Å². The molecular formula is C15H17N3O3. The smallest absolute Gasteiger partial charge is 0.322 e. The molecule has 0 aliphatic carbocycles. The molecule has 0 spiro atoms. The van der Waals surface area contributed by atoms with Crippen molar-refractivity contribution in [2.45, 2.75) is 13.5 Å². The van der Waals surface area contributed by atoms with Crippen LogP contribution >= 0.6 is 0 Å². The Bertz CT molecular complexity index is 561. The van der Waals surface area contributed by atoms with Gasteiger partial charge in [-0.05, 0) is 12.5 Å². The van der Waals surface area contributed by atoms with E-state index < -0.39 is 18.4 Å². The SMILES string of the molecule is CCN(/C=C(/C#N)C(=O)NCC(=O)O)Cc1ccccc1. The Morgan fingerprint density at radius 2 is 2.05 bits per heavy atom. The second-order valence-corrected chi connectivity index (χ2v) is 4.28. The van der Waals surface area contributed by atoms with Crippen molar-refractivity contribution < 1.29 is 14.7 Å². The molecule has 0 saturated carbocycles. The van der Waals surface area contributed by atoms with Gasteiger partial charge < -0.3 is 15.3 Å². The highest BCUT2D eigenvalue weighted by Gasteiger charge is 2.11. The number of carboxylic acid groups (broad SMARTS) is 1. The topological polar surface area (TPSA) is 93.4 Å².